The molecule has 3 rings (SSSR count). The molecule has 0 spiro atoms. The minimum absolute atomic E-state index is 0.621. The minimum atomic E-state index is -0.621. The Hall–Kier alpha value is -1.67. The van der Waals surface area contributed by atoms with Crippen molar-refractivity contribution in [1.82, 2.24) is 4.98 Å². The Morgan fingerprint density at radius 3 is 2.60 bits per heavy atom. The van der Waals surface area contributed by atoms with E-state index in [1.807, 2.05) is 30.3 Å². The zero-order valence-electron chi connectivity index (χ0n) is 12.0. The topological polar surface area (TPSA) is 33.1 Å². The summed E-state index contributed by atoms with van der Waals surface area (Å²) in [4.78, 5) is 4.80. The van der Waals surface area contributed by atoms with Gasteiger partial charge >= 0.3 is 0 Å². The fourth-order valence-electron chi connectivity index (χ4n) is 3.01. The van der Waals surface area contributed by atoms with Gasteiger partial charge in [-0.1, -0.05) is 42.8 Å². The third-order valence-corrected chi connectivity index (χ3v) is 4.15. The van der Waals surface area contributed by atoms with Crippen molar-refractivity contribution in [3.63, 3.8) is 0 Å². The molecule has 0 saturated carbocycles. The number of aliphatic hydroxyl groups is 1. The second-order valence-corrected chi connectivity index (χ2v) is 5.67. The molecule has 2 aromatic rings. The molecule has 104 valence electrons. The molecule has 0 aliphatic heterocycles. The van der Waals surface area contributed by atoms with Gasteiger partial charge in [0, 0.05) is 5.69 Å². The van der Waals surface area contributed by atoms with Gasteiger partial charge in [0.15, 0.2) is 0 Å². The molecule has 1 N–H and O–H groups in total. The van der Waals surface area contributed by atoms with Gasteiger partial charge in [0.1, 0.15) is 6.10 Å². The summed E-state index contributed by atoms with van der Waals surface area (Å²) in [6.45, 7) is 2.06. The number of fused-ring (bicyclic) bond motifs is 1. The highest BCUT2D eigenvalue weighted by molar-refractivity contribution is 5.36. The fraction of sp³-hybridized carbons (Fsp3) is 0.389. The van der Waals surface area contributed by atoms with Crippen LogP contribution in [0, 0.1) is 6.92 Å². The van der Waals surface area contributed by atoms with Crippen LogP contribution in [0.15, 0.2) is 36.4 Å². The van der Waals surface area contributed by atoms with Gasteiger partial charge in [0.25, 0.3) is 0 Å². The highest BCUT2D eigenvalue weighted by atomic mass is 16.3. The van der Waals surface area contributed by atoms with Crippen molar-refractivity contribution < 1.29 is 5.11 Å². The molecule has 1 unspecified atom stereocenters. The van der Waals surface area contributed by atoms with Gasteiger partial charge in [0.05, 0.1) is 5.69 Å². The van der Waals surface area contributed by atoms with E-state index in [0.29, 0.717) is 0 Å². The molecular weight excluding hydrogens is 246 g/mol. The first-order chi connectivity index (χ1) is 9.75. The van der Waals surface area contributed by atoms with Crippen molar-refractivity contribution in [2.24, 2.45) is 0 Å². The monoisotopic (exact) mass is 267 g/mol. The Morgan fingerprint density at radius 1 is 1.05 bits per heavy atom. The maximum absolute atomic E-state index is 10.6. The zero-order valence-corrected chi connectivity index (χ0v) is 12.0. The number of hydrogen-bond acceptors (Lipinski definition) is 2. The Labute approximate surface area is 120 Å². The van der Waals surface area contributed by atoms with E-state index in [2.05, 4.69) is 13.0 Å². The van der Waals surface area contributed by atoms with Crippen LogP contribution in [0.4, 0.5) is 0 Å². The van der Waals surface area contributed by atoms with E-state index in [4.69, 9.17) is 4.98 Å². The molecule has 0 fully saturated rings. The van der Waals surface area contributed by atoms with E-state index in [1.54, 1.807) is 0 Å². The molecular formula is C18H21NO. The third-order valence-electron chi connectivity index (χ3n) is 4.15. The van der Waals surface area contributed by atoms with Crippen molar-refractivity contribution >= 4 is 0 Å². The minimum Gasteiger partial charge on any atom is -0.382 e. The van der Waals surface area contributed by atoms with Crippen molar-refractivity contribution in [3.8, 4) is 0 Å². The zero-order chi connectivity index (χ0) is 13.9. The summed E-state index contributed by atoms with van der Waals surface area (Å²) >= 11 is 0. The average Bonchev–Trinajstić information content (AvgIpc) is 2.71. The van der Waals surface area contributed by atoms with E-state index in [1.165, 1.54) is 30.5 Å². The maximum Gasteiger partial charge on any atom is 0.121 e. The number of aryl methyl sites for hydroxylation is 3. The summed E-state index contributed by atoms with van der Waals surface area (Å²) in [5.74, 6) is 0. The lowest BCUT2D eigenvalue weighted by atomic mass is 9.99. The van der Waals surface area contributed by atoms with Crippen molar-refractivity contribution in [1.29, 1.82) is 0 Å². The Morgan fingerprint density at radius 2 is 1.80 bits per heavy atom. The molecule has 0 amide bonds. The van der Waals surface area contributed by atoms with E-state index < -0.39 is 6.10 Å². The lowest BCUT2D eigenvalue weighted by Gasteiger charge is -2.16. The number of pyridine rings is 1. The summed E-state index contributed by atoms with van der Waals surface area (Å²) in [7, 11) is 0. The Kier molecular flexibility index (Phi) is 3.83. The highest BCUT2D eigenvalue weighted by Gasteiger charge is 2.18. The maximum atomic E-state index is 10.6. The first kappa shape index (κ1) is 13.3. The number of rotatable bonds is 2. The first-order valence-electron chi connectivity index (χ1n) is 7.48. The summed E-state index contributed by atoms with van der Waals surface area (Å²) in [5.41, 5.74) is 5.40. The molecule has 1 aliphatic carbocycles. The SMILES string of the molecule is Cc1cc2c(nc1C(O)c1ccccc1)CCCCC2. The molecule has 2 heteroatoms. The lowest BCUT2D eigenvalue weighted by Crippen LogP contribution is -2.09. The molecule has 0 radical (unpaired) electrons. The van der Waals surface area contributed by atoms with E-state index in [-0.39, 0.29) is 0 Å². The van der Waals surface area contributed by atoms with E-state index in [0.717, 1.165) is 29.7 Å². The first-order valence-corrected chi connectivity index (χ1v) is 7.48. The van der Waals surface area contributed by atoms with E-state index in [9.17, 15) is 5.11 Å². The second kappa shape index (κ2) is 5.76. The van der Waals surface area contributed by atoms with Gasteiger partial charge in [-0.15, -0.1) is 0 Å². The standard InChI is InChI=1S/C18H21NO/c1-13-12-15-10-6-3-7-11-16(15)19-17(13)18(20)14-8-4-2-5-9-14/h2,4-5,8-9,12,18,20H,3,6-7,10-11H2,1H3. The molecule has 1 atom stereocenters. The predicted molar refractivity (Wildman–Crippen MR) is 80.7 cm³/mol. The van der Waals surface area contributed by atoms with Gasteiger partial charge in [-0.3, -0.25) is 4.98 Å². The Balaban J connectivity index is 1.99. The van der Waals surface area contributed by atoms with Gasteiger partial charge < -0.3 is 5.11 Å². The van der Waals surface area contributed by atoms with Crippen LogP contribution in [-0.2, 0) is 12.8 Å². The fourth-order valence-corrected chi connectivity index (χ4v) is 3.01. The molecule has 1 aromatic heterocycles. The normalized spacial score (nSPS) is 16.3. The smallest absolute Gasteiger partial charge is 0.121 e. The number of benzene rings is 1. The largest absolute Gasteiger partial charge is 0.382 e. The molecule has 2 nitrogen and oxygen atoms in total. The quantitative estimate of drug-likeness (QED) is 0.841. The van der Waals surface area contributed by atoms with Crippen LogP contribution >= 0.6 is 0 Å². The molecule has 1 heterocycles. The van der Waals surface area contributed by atoms with Gasteiger partial charge in [0.2, 0.25) is 0 Å². The van der Waals surface area contributed by atoms with Gasteiger partial charge in [-0.05, 0) is 49.3 Å². The third kappa shape index (κ3) is 2.61. The number of aromatic nitrogens is 1. The predicted octanol–water partition coefficient (Wildman–Crippen LogP) is 3.74. The van der Waals surface area contributed by atoms with Gasteiger partial charge in [-0.25, -0.2) is 0 Å². The van der Waals surface area contributed by atoms with Crippen molar-refractivity contribution in [2.45, 2.75) is 45.1 Å². The van der Waals surface area contributed by atoms with Crippen LogP contribution < -0.4 is 0 Å². The highest BCUT2D eigenvalue weighted by Crippen LogP contribution is 2.27. The molecule has 20 heavy (non-hydrogen) atoms. The van der Waals surface area contributed by atoms with Crippen molar-refractivity contribution in [2.75, 3.05) is 0 Å². The number of nitrogens with zero attached hydrogens (tertiary/aromatic N) is 1. The molecule has 0 saturated heterocycles. The van der Waals surface area contributed by atoms with Crippen LogP contribution in [0.1, 0.15) is 53.4 Å². The van der Waals surface area contributed by atoms with Crippen LogP contribution in [0.25, 0.3) is 0 Å². The molecule has 1 aromatic carbocycles. The average molecular weight is 267 g/mol. The number of aliphatic hydroxyl groups excluding tert-OH is 1. The lowest BCUT2D eigenvalue weighted by molar-refractivity contribution is 0.214. The summed E-state index contributed by atoms with van der Waals surface area (Å²) in [6, 6.07) is 12.0. The van der Waals surface area contributed by atoms with Crippen LogP contribution in [0.5, 0.6) is 0 Å². The Bertz CT molecular complexity index is 592. The van der Waals surface area contributed by atoms with Crippen LogP contribution in [-0.4, -0.2) is 10.1 Å². The van der Waals surface area contributed by atoms with Crippen LogP contribution in [0.2, 0.25) is 0 Å². The van der Waals surface area contributed by atoms with Gasteiger partial charge in [-0.2, -0.15) is 0 Å². The summed E-state index contributed by atoms with van der Waals surface area (Å²) < 4.78 is 0. The molecule has 0 bridgehead atoms. The molecule has 1 aliphatic rings. The number of hydrogen-bond donors (Lipinski definition) is 1. The van der Waals surface area contributed by atoms with Crippen LogP contribution in [0.3, 0.4) is 0 Å². The summed E-state index contributed by atoms with van der Waals surface area (Å²) in [5, 5.41) is 10.6. The van der Waals surface area contributed by atoms with E-state index >= 15 is 0 Å². The van der Waals surface area contributed by atoms with Crippen molar-refractivity contribution in [3.05, 3.63) is 64.5 Å². The second-order valence-electron chi connectivity index (χ2n) is 5.67. The summed E-state index contributed by atoms with van der Waals surface area (Å²) in [6.07, 6.45) is 5.31.